The number of ether oxygens (including phenoxy) is 2. The van der Waals surface area contributed by atoms with Crippen molar-refractivity contribution in [1.29, 1.82) is 0 Å². The number of rotatable bonds is 7. The predicted molar refractivity (Wildman–Crippen MR) is 83.4 cm³/mol. The Morgan fingerprint density at radius 1 is 1.22 bits per heavy atom. The molecule has 0 aliphatic heterocycles. The molecule has 0 saturated carbocycles. The zero-order valence-corrected chi connectivity index (χ0v) is 13.1. The summed E-state index contributed by atoms with van der Waals surface area (Å²) in [5, 5.41) is 2.62. The lowest BCUT2D eigenvalue weighted by Gasteiger charge is -2.08. The van der Waals surface area contributed by atoms with E-state index in [1.165, 1.54) is 12.3 Å². The van der Waals surface area contributed by atoms with Crippen molar-refractivity contribution >= 4 is 11.9 Å². The second-order valence-corrected chi connectivity index (χ2v) is 4.98. The van der Waals surface area contributed by atoms with Gasteiger partial charge in [-0.3, -0.25) is 4.79 Å². The summed E-state index contributed by atoms with van der Waals surface area (Å²) in [7, 11) is 0. The van der Waals surface area contributed by atoms with Gasteiger partial charge in [-0.1, -0.05) is 12.1 Å². The van der Waals surface area contributed by atoms with E-state index in [1.54, 1.807) is 6.92 Å². The van der Waals surface area contributed by atoms with E-state index >= 15 is 0 Å². The average Bonchev–Trinajstić information content (AvgIpc) is 2.95. The van der Waals surface area contributed by atoms with Crippen molar-refractivity contribution < 1.29 is 23.5 Å². The highest BCUT2D eigenvalue weighted by atomic mass is 16.5. The number of benzene rings is 1. The van der Waals surface area contributed by atoms with Crippen molar-refractivity contribution in [1.82, 2.24) is 5.32 Å². The van der Waals surface area contributed by atoms with Crippen LogP contribution in [0, 0.1) is 13.8 Å². The highest BCUT2D eigenvalue weighted by Crippen LogP contribution is 2.12. The summed E-state index contributed by atoms with van der Waals surface area (Å²) in [6, 6.07) is 9.15. The first-order valence-electron chi connectivity index (χ1n) is 7.23. The van der Waals surface area contributed by atoms with E-state index in [0.29, 0.717) is 24.5 Å². The van der Waals surface area contributed by atoms with Gasteiger partial charge in [-0.25, -0.2) is 4.79 Å². The Kier molecular flexibility index (Phi) is 5.80. The maximum Gasteiger partial charge on any atom is 0.342 e. The van der Waals surface area contributed by atoms with Crippen molar-refractivity contribution in [2.75, 3.05) is 19.8 Å². The van der Waals surface area contributed by atoms with Gasteiger partial charge < -0.3 is 19.2 Å². The van der Waals surface area contributed by atoms with E-state index in [1.807, 2.05) is 31.2 Å². The lowest BCUT2D eigenvalue weighted by molar-refractivity contribution is -0.124. The van der Waals surface area contributed by atoms with Crippen LogP contribution >= 0.6 is 0 Å². The Morgan fingerprint density at radius 3 is 2.74 bits per heavy atom. The molecule has 0 atom stereocenters. The largest absolute Gasteiger partial charge is 0.492 e. The Labute approximate surface area is 134 Å². The van der Waals surface area contributed by atoms with Crippen LogP contribution < -0.4 is 10.1 Å². The van der Waals surface area contributed by atoms with Gasteiger partial charge >= 0.3 is 5.97 Å². The van der Waals surface area contributed by atoms with Crippen LogP contribution in [-0.4, -0.2) is 31.6 Å². The monoisotopic (exact) mass is 317 g/mol. The van der Waals surface area contributed by atoms with E-state index in [0.717, 1.165) is 11.3 Å². The van der Waals surface area contributed by atoms with Crippen LogP contribution in [0.3, 0.4) is 0 Å². The fourth-order valence-corrected chi connectivity index (χ4v) is 1.92. The molecule has 1 aromatic heterocycles. The number of amides is 1. The molecule has 0 aliphatic rings. The zero-order chi connectivity index (χ0) is 16.7. The molecule has 0 spiro atoms. The van der Waals surface area contributed by atoms with Gasteiger partial charge in [0.2, 0.25) is 0 Å². The molecule has 2 rings (SSSR count). The molecule has 0 aliphatic carbocycles. The van der Waals surface area contributed by atoms with Gasteiger partial charge in [0.15, 0.2) is 6.61 Å². The van der Waals surface area contributed by atoms with Crippen LogP contribution in [-0.2, 0) is 9.53 Å². The SMILES string of the molecule is Cc1cccc(OCCNC(=O)COC(=O)c2ccoc2C)c1. The standard InChI is InChI=1S/C17H19NO5/c1-12-4-3-5-14(10-12)22-9-7-18-16(19)11-23-17(20)15-6-8-21-13(15)2/h3-6,8,10H,7,9,11H2,1-2H3,(H,18,19). The van der Waals surface area contributed by atoms with Crippen LogP contribution in [0.5, 0.6) is 5.75 Å². The Bertz CT molecular complexity index is 677. The minimum Gasteiger partial charge on any atom is -0.492 e. The number of nitrogens with one attached hydrogen (secondary N) is 1. The van der Waals surface area contributed by atoms with Crippen LogP contribution in [0.4, 0.5) is 0 Å². The third-order valence-corrected chi connectivity index (χ3v) is 3.10. The molecule has 1 amide bonds. The first-order chi connectivity index (χ1) is 11.1. The minimum atomic E-state index is -0.581. The molecule has 0 bridgehead atoms. The molecule has 0 fully saturated rings. The highest BCUT2D eigenvalue weighted by molar-refractivity contribution is 5.92. The van der Waals surface area contributed by atoms with E-state index in [2.05, 4.69) is 5.32 Å². The average molecular weight is 317 g/mol. The smallest absolute Gasteiger partial charge is 0.342 e. The van der Waals surface area contributed by atoms with E-state index < -0.39 is 5.97 Å². The number of carbonyl (C=O) groups excluding carboxylic acids is 2. The zero-order valence-electron chi connectivity index (χ0n) is 13.1. The van der Waals surface area contributed by atoms with Gasteiger partial charge in [0.25, 0.3) is 5.91 Å². The molecular formula is C17H19NO5. The third-order valence-electron chi connectivity index (χ3n) is 3.10. The molecule has 122 valence electrons. The fourth-order valence-electron chi connectivity index (χ4n) is 1.92. The summed E-state index contributed by atoms with van der Waals surface area (Å²) < 4.78 is 15.4. The molecule has 2 aromatic rings. The summed E-state index contributed by atoms with van der Waals surface area (Å²) in [5.41, 5.74) is 1.42. The molecular weight excluding hydrogens is 298 g/mol. The minimum absolute atomic E-state index is 0.320. The van der Waals surface area contributed by atoms with Gasteiger partial charge in [-0.05, 0) is 37.6 Å². The van der Waals surface area contributed by atoms with Gasteiger partial charge in [-0.2, -0.15) is 0 Å². The van der Waals surface area contributed by atoms with Crippen molar-refractivity contribution in [3.63, 3.8) is 0 Å². The summed E-state index contributed by atoms with van der Waals surface area (Å²) in [6.07, 6.45) is 1.40. The quantitative estimate of drug-likeness (QED) is 0.626. The fraction of sp³-hybridized carbons (Fsp3) is 0.294. The van der Waals surface area contributed by atoms with Gasteiger partial charge in [0.05, 0.1) is 12.8 Å². The molecule has 1 aromatic carbocycles. The highest BCUT2D eigenvalue weighted by Gasteiger charge is 2.14. The van der Waals surface area contributed by atoms with E-state index in [9.17, 15) is 9.59 Å². The molecule has 6 nitrogen and oxygen atoms in total. The Hall–Kier alpha value is -2.76. The summed E-state index contributed by atoms with van der Waals surface area (Å²) in [5.74, 6) is 0.248. The van der Waals surface area contributed by atoms with E-state index in [4.69, 9.17) is 13.9 Å². The van der Waals surface area contributed by atoms with Crippen LogP contribution in [0.1, 0.15) is 21.7 Å². The van der Waals surface area contributed by atoms with Gasteiger partial charge in [0.1, 0.15) is 23.7 Å². The lowest BCUT2D eigenvalue weighted by Crippen LogP contribution is -2.32. The Balaban J connectivity index is 1.64. The summed E-state index contributed by atoms with van der Waals surface area (Å²) in [6.45, 7) is 3.96. The molecule has 0 unspecified atom stereocenters. The maximum absolute atomic E-state index is 11.7. The second kappa shape index (κ2) is 8.03. The number of carbonyl (C=O) groups is 2. The topological polar surface area (TPSA) is 77.8 Å². The van der Waals surface area contributed by atoms with Crippen LogP contribution in [0.15, 0.2) is 41.0 Å². The first-order valence-corrected chi connectivity index (χ1v) is 7.23. The third kappa shape index (κ3) is 5.18. The van der Waals surface area contributed by atoms with Crippen LogP contribution in [0.2, 0.25) is 0 Å². The molecule has 23 heavy (non-hydrogen) atoms. The summed E-state index contributed by atoms with van der Waals surface area (Å²) in [4.78, 5) is 23.3. The van der Waals surface area contributed by atoms with Gasteiger partial charge in [-0.15, -0.1) is 0 Å². The van der Waals surface area contributed by atoms with Crippen molar-refractivity contribution in [3.8, 4) is 5.75 Å². The normalized spacial score (nSPS) is 10.2. The Morgan fingerprint density at radius 2 is 2.04 bits per heavy atom. The number of hydrogen-bond acceptors (Lipinski definition) is 5. The number of hydrogen-bond donors (Lipinski definition) is 1. The molecule has 0 saturated heterocycles. The second-order valence-electron chi connectivity index (χ2n) is 4.98. The number of aryl methyl sites for hydroxylation is 2. The number of furan rings is 1. The molecule has 6 heteroatoms. The molecule has 1 heterocycles. The van der Waals surface area contributed by atoms with Crippen molar-refractivity contribution in [2.45, 2.75) is 13.8 Å². The van der Waals surface area contributed by atoms with Crippen molar-refractivity contribution in [3.05, 3.63) is 53.5 Å². The molecule has 1 N–H and O–H groups in total. The summed E-state index contributed by atoms with van der Waals surface area (Å²) >= 11 is 0. The van der Waals surface area contributed by atoms with Gasteiger partial charge in [0, 0.05) is 0 Å². The first kappa shape index (κ1) is 16.6. The van der Waals surface area contributed by atoms with Crippen molar-refractivity contribution in [2.24, 2.45) is 0 Å². The molecule has 0 radical (unpaired) electrons. The van der Waals surface area contributed by atoms with Crippen LogP contribution in [0.25, 0.3) is 0 Å². The number of esters is 1. The lowest BCUT2D eigenvalue weighted by atomic mass is 10.2. The predicted octanol–water partition coefficient (Wildman–Crippen LogP) is 2.25. The van der Waals surface area contributed by atoms with E-state index in [-0.39, 0.29) is 12.5 Å². The maximum atomic E-state index is 11.7.